The van der Waals surface area contributed by atoms with Crippen LogP contribution in [0.5, 0.6) is 0 Å². The first-order valence-corrected chi connectivity index (χ1v) is 9.72. The van der Waals surface area contributed by atoms with Gasteiger partial charge in [0.1, 0.15) is 5.82 Å². The first-order valence-electron chi connectivity index (χ1n) is 9.72. The number of halogens is 1. The molecule has 0 aliphatic carbocycles. The Hall–Kier alpha value is -4.39. The van der Waals surface area contributed by atoms with Crippen molar-refractivity contribution in [3.05, 3.63) is 101 Å². The summed E-state index contributed by atoms with van der Waals surface area (Å²) in [5.74, 6) is -1.18. The average molecular weight is 427 g/mol. The number of aromatic nitrogens is 1. The van der Waals surface area contributed by atoms with Crippen LogP contribution in [0.4, 0.5) is 4.39 Å². The number of carbonyl (C=O) groups excluding carboxylic acids is 2. The number of fused-ring (bicyclic) bond motifs is 1. The van der Waals surface area contributed by atoms with Gasteiger partial charge in [-0.25, -0.2) is 19.6 Å². The van der Waals surface area contributed by atoms with Crippen LogP contribution < -0.4 is 5.43 Å². The molecule has 1 heterocycles. The van der Waals surface area contributed by atoms with Gasteiger partial charge < -0.3 is 4.74 Å². The summed E-state index contributed by atoms with van der Waals surface area (Å²) in [6.07, 6.45) is 1.48. The predicted octanol–water partition coefficient (Wildman–Crippen LogP) is 4.59. The quantitative estimate of drug-likeness (QED) is 0.287. The van der Waals surface area contributed by atoms with E-state index in [1.807, 2.05) is 18.2 Å². The molecule has 1 amide bonds. The number of hydrogen-bond donors (Lipinski definition) is 1. The molecule has 6 nitrogen and oxygen atoms in total. The molecule has 0 unspecified atom stereocenters. The van der Waals surface area contributed by atoms with E-state index in [1.54, 1.807) is 48.5 Å². The van der Waals surface area contributed by atoms with Crippen LogP contribution in [0, 0.1) is 5.82 Å². The molecule has 0 radical (unpaired) electrons. The van der Waals surface area contributed by atoms with Crippen molar-refractivity contribution in [1.82, 2.24) is 10.4 Å². The minimum Gasteiger partial charge on any atom is -0.465 e. The van der Waals surface area contributed by atoms with E-state index >= 15 is 0 Å². The monoisotopic (exact) mass is 427 g/mol. The Balaban J connectivity index is 1.59. The van der Waals surface area contributed by atoms with Crippen LogP contribution in [0.1, 0.15) is 26.3 Å². The van der Waals surface area contributed by atoms with Gasteiger partial charge in [-0.15, -0.1) is 0 Å². The lowest BCUT2D eigenvalue weighted by Crippen LogP contribution is -2.18. The lowest BCUT2D eigenvalue weighted by molar-refractivity contribution is 0.0600. The lowest BCUT2D eigenvalue weighted by atomic mass is 10.0. The number of methoxy groups -OCH3 is 1. The maximum atomic E-state index is 13.3. The summed E-state index contributed by atoms with van der Waals surface area (Å²) in [7, 11) is 1.32. The summed E-state index contributed by atoms with van der Waals surface area (Å²) in [5, 5.41) is 4.70. The van der Waals surface area contributed by atoms with Gasteiger partial charge in [-0.1, -0.05) is 30.3 Å². The summed E-state index contributed by atoms with van der Waals surface area (Å²) >= 11 is 0. The summed E-state index contributed by atoms with van der Waals surface area (Å²) < 4.78 is 18.0. The first-order chi connectivity index (χ1) is 15.5. The fourth-order valence-electron chi connectivity index (χ4n) is 3.18. The van der Waals surface area contributed by atoms with Crippen LogP contribution in [0.15, 0.2) is 84.0 Å². The molecule has 0 spiro atoms. The Kier molecular flexibility index (Phi) is 5.98. The van der Waals surface area contributed by atoms with Crippen molar-refractivity contribution in [2.75, 3.05) is 7.11 Å². The molecule has 4 rings (SSSR count). The van der Waals surface area contributed by atoms with Gasteiger partial charge in [0.25, 0.3) is 5.91 Å². The smallest absolute Gasteiger partial charge is 0.337 e. The highest BCUT2D eigenvalue weighted by molar-refractivity contribution is 6.07. The average Bonchev–Trinajstić information content (AvgIpc) is 2.83. The molecule has 3 aromatic carbocycles. The SMILES string of the molecule is COC(=O)c1ccc(C=NNC(=O)c2cc(-c3ccc(F)cc3)nc3ccccc23)cc1. The third kappa shape index (κ3) is 4.52. The highest BCUT2D eigenvalue weighted by atomic mass is 19.1. The molecule has 0 saturated heterocycles. The maximum Gasteiger partial charge on any atom is 0.337 e. The summed E-state index contributed by atoms with van der Waals surface area (Å²) in [5.41, 5.74) is 5.93. The van der Waals surface area contributed by atoms with E-state index in [2.05, 4.69) is 20.2 Å². The van der Waals surface area contributed by atoms with Gasteiger partial charge >= 0.3 is 5.97 Å². The molecule has 0 fully saturated rings. The van der Waals surface area contributed by atoms with Gasteiger partial charge in [0.2, 0.25) is 0 Å². The van der Waals surface area contributed by atoms with Gasteiger partial charge in [0, 0.05) is 10.9 Å². The van der Waals surface area contributed by atoms with E-state index in [0.717, 1.165) is 0 Å². The zero-order chi connectivity index (χ0) is 22.5. The second-order valence-electron chi connectivity index (χ2n) is 6.89. The molecule has 1 aromatic heterocycles. The molecule has 0 saturated carbocycles. The molecular formula is C25H18FN3O3. The normalized spacial score (nSPS) is 10.9. The zero-order valence-corrected chi connectivity index (χ0v) is 17.1. The molecular weight excluding hydrogens is 409 g/mol. The van der Waals surface area contributed by atoms with Gasteiger partial charge in [0.05, 0.1) is 35.7 Å². The van der Waals surface area contributed by atoms with Crippen LogP contribution in [-0.2, 0) is 4.74 Å². The summed E-state index contributed by atoms with van der Waals surface area (Å²) in [6.45, 7) is 0. The molecule has 4 aromatic rings. The number of esters is 1. The number of pyridine rings is 1. The Bertz CT molecular complexity index is 1320. The molecule has 0 atom stereocenters. The number of nitrogens with one attached hydrogen (secondary N) is 1. The van der Waals surface area contributed by atoms with Crippen LogP contribution >= 0.6 is 0 Å². The van der Waals surface area contributed by atoms with Gasteiger partial charge in [0.15, 0.2) is 0 Å². The second-order valence-corrected chi connectivity index (χ2v) is 6.89. The second kappa shape index (κ2) is 9.18. The number of hydrogen-bond acceptors (Lipinski definition) is 5. The van der Waals surface area contributed by atoms with E-state index in [4.69, 9.17) is 0 Å². The fourth-order valence-corrected chi connectivity index (χ4v) is 3.18. The van der Waals surface area contributed by atoms with Crippen molar-refractivity contribution in [3.8, 4) is 11.3 Å². The van der Waals surface area contributed by atoms with E-state index in [1.165, 1.54) is 25.5 Å². The van der Waals surface area contributed by atoms with Crippen molar-refractivity contribution >= 4 is 29.0 Å². The predicted molar refractivity (Wildman–Crippen MR) is 120 cm³/mol. The van der Waals surface area contributed by atoms with Crippen molar-refractivity contribution in [1.29, 1.82) is 0 Å². The standard InChI is InChI=1S/C25H18FN3O3/c1-32-25(31)18-8-6-16(7-9-18)15-27-29-24(30)21-14-23(17-10-12-19(26)13-11-17)28-22-5-3-2-4-20(21)22/h2-15H,1H3,(H,29,30). The molecule has 32 heavy (non-hydrogen) atoms. The van der Waals surface area contributed by atoms with Crippen LogP contribution in [0.25, 0.3) is 22.2 Å². The van der Waals surface area contributed by atoms with Crippen molar-refractivity contribution < 1.29 is 18.7 Å². The minimum absolute atomic E-state index is 0.346. The van der Waals surface area contributed by atoms with Crippen LogP contribution in [0.3, 0.4) is 0 Å². The van der Waals surface area contributed by atoms with E-state index in [9.17, 15) is 14.0 Å². The molecule has 158 valence electrons. The van der Waals surface area contributed by atoms with Gasteiger partial charge in [-0.05, 0) is 54.1 Å². The number of carbonyl (C=O) groups is 2. The number of hydrazone groups is 1. The Morgan fingerprint density at radius 3 is 2.44 bits per heavy atom. The Morgan fingerprint density at radius 2 is 1.72 bits per heavy atom. The third-order valence-electron chi connectivity index (χ3n) is 4.81. The van der Waals surface area contributed by atoms with Gasteiger partial charge in [-0.3, -0.25) is 4.79 Å². The topological polar surface area (TPSA) is 80.6 Å². The number of para-hydroxylation sites is 1. The number of nitrogens with zero attached hydrogens (tertiary/aromatic N) is 2. The fraction of sp³-hybridized carbons (Fsp3) is 0.0400. The highest BCUT2D eigenvalue weighted by Gasteiger charge is 2.13. The Morgan fingerprint density at radius 1 is 1.00 bits per heavy atom. The maximum absolute atomic E-state index is 13.3. The molecule has 0 aliphatic rings. The number of ether oxygens (including phenoxy) is 1. The molecule has 1 N–H and O–H groups in total. The first kappa shape index (κ1) is 20.9. The van der Waals surface area contributed by atoms with Gasteiger partial charge in [-0.2, -0.15) is 5.10 Å². The number of rotatable bonds is 5. The summed E-state index contributed by atoms with van der Waals surface area (Å²) in [4.78, 5) is 29.0. The third-order valence-corrected chi connectivity index (χ3v) is 4.81. The number of amides is 1. The Labute approximate surface area is 183 Å². The van der Waals surface area contributed by atoms with Crippen molar-refractivity contribution in [2.24, 2.45) is 5.10 Å². The highest BCUT2D eigenvalue weighted by Crippen LogP contribution is 2.25. The van der Waals surface area contributed by atoms with E-state index < -0.39 is 11.9 Å². The van der Waals surface area contributed by atoms with Crippen LogP contribution in [0.2, 0.25) is 0 Å². The zero-order valence-electron chi connectivity index (χ0n) is 17.1. The van der Waals surface area contributed by atoms with E-state index in [-0.39, 0.29) is 5.82 Å². The number of benzene rings is 3. The largest absolute Gasteiger partial charge is 0.465 e. The minimum atomic E-state index is -0.427. The van der Waals surface area contributed by atoms with E-state index in [0.29, 0.717) is 38.9 Å². The molecule has 0 bridgehead atoms. The lowest BCUT2D eigenvalue weighted by Gasteiger charge is -2.09. The van der Waals surface area contributed by atoms with Crippen LogP contribution in [-0.4, -0.2) is 30.2 Å². The van der Waals surface area contributed by atoms with Crippen molar-refractivity contribution in [2.45, 2.75) is 0 Å². The molecule has 7 heteroatoms. The summed E-state index contributed by atoms with van der Waals surface area (Å²) in [6, 6.07) is 21.5. The van der Waals surface area contributed by atoms with Crippen molar-refractivity contribution in [3.63, 3.8) is 0 Å². The molecule has 0 aliphatic heterocycles.